The molecule has 0 aliphatic carbocycles. The summed E-state index contributed by atoms with van der Waals surface area (Å²) in [7, 11) is 4.22. The summed E-state index contributed by atoms with van der Waals surface area (Å²) in [4.78, 5) is 21.6. The fraction of sp³-hybridized carbons (Fsp3) is 0.400. The Morgan fingerprint density at radius 1 is 1.12 bits per heavy atom. The van der Waals surface area contributed by atoms with E-state index < -0.39 is 0 Å². The molecule has 1 N–H and O–H groups in total. The Morgan fingerprint density at radius 3 is 2.88 bits per heavy atom. The number of nitrogens with one attached hydrogen (secondary N) is 1. The molecule has 1 aromatic carbocycles. The van der Waals surface area contributed by atoms with Gasteiger partial charge in [-0.2, -0.15) is 0 Å². The Morgan fingerprint density at radius 2 is 2.00 bits per heavy atom. The second-order valence-corrected chi connectivity index (χ2v) is 7.14. The van der Waals surface area contributed by atoms with Gasteiger partial charge in [-0.15, -0.1) is 0 Å². The molecular weight excluding hydrogens is 312 g/mol. The van der Waals surface area contributed by atoms with Crippen LogP contribution in [0, 0.1) is 0 Å². The number of aryl methyl sites for hydroxylation is 1. The maximum Gasteiger partial charge on any atom is 0.257 e. The SMILES string of the molecule is CN1CCc2c(cncc2C(=O)Nc2ccc3c(c2)CCCN3C)C1. The van der Waals surface area contributed by atoms with Gasteiger partial charge in [-0.3, -0.25) is 9.78 Å². The van der Waals surface area contributed by atoms with E-state index in [1.54, 1.807) is 6.20 Å². The number of pyridine rings is 1. The molecule has 5 nitrogen and oxygen atoms in total. The first kappa shape index (κ1) is 16.1. The number of rotatable bonds is 2. The number of fused-ring (bicyclic) bond motifs is 2. The molecule has 0 saturated carbocycles. The monoisotopic (exact) mass is 336 g/mol. The van der Waals surface area contributed by atoms with Crippen molar-refractivity contribution in [2.24, 2.45) is 0 Å². The van der Waals surface area contributed by atoms with Gasteiger partial charge in [-0.1, -0.05) is 0 Å². The van der Waals surface area contributed by atoms with E-state index in [1.165, 1.54) is 11.3 Å². The first-order valence-electron chi connectivity index (χ1n) is 8.91. The summed E-state index contributed by atoms with van der Waals surface area (Å²) >= 11 is 0. The van der Waals surface area contributed by atoms with Crippen LogP contribution in [0.25, 0.3) is 0 Å². The number of carbonyl (C=O) groups is 1. The molecule has 3 heterocycles. The third-order valence-corrected chi connectivity index (χ3v) is 5.26. The Balaban J connectivity index is 1.58. The first-order chi connectivity index (χ1) is 12.1. The number of hydrogen-bond donors (Lipinski definition) is 1. The van der Waals surface area contributed by atoms with E-state index in [9.17, 15) is 4.79 Å². The molecule has 0 atom stereocenters. The van der Waals surface area contributed by atoms with Gasteiger partial charge in [-0.05, 0) is 61.2 Å². The van der Waals surface area contributed by atoms with Crippen LogP contribution < -0.4 is 10.2 Å². The molecule has 2 aliphatic rings. The molecule has 0 saturated heterocycles. The van der Waals surface area contributed by atoms with E-state index in [0.717, 1.165) is 55.7 Å². The number of anilines is 2. The average Bonchev–Trinajstić information content (AvgIpc) is 2.61. The number of likely N-dealkylation sites (N-methyl/N-ethyl adjacent to an activating group) is 1. The van der Waals surface area contributed by atoms with Crippen molar-refractivity contribution in [3.05, 3.63) is 52.8 Å². The second-order valence-electron chi connectivity index (χ2n) is 7.14. The van der Waals surface area contributed by atoms with Gasteiger partial charge in [0.2, 0.25) is 0 Å². The number of aromatic nitrogens is 1. The van der Waals surface area contributed by atoms with Crippen LogP contribution >= 0.6 is 0 Å². The Bertz CT molecular complexity index is 817. The lowest BCUT2D eigenvalue weighted by atomic mass is 9.97. The third-order valence-electron chi connectivity index (χ3n) is 5.26. The van der Waals surface area contributed by atoms with E-state index in [2.05, 4.69) is 46.3 Å². The van der Waals surface area contributed by atoms with Crippen LogP contribution in [0.3, 0.4) is 0 Å². The minimum atomic E-state index is -0.0574. The maximum atomic E-state index is 12.8. The molecule has 0 fully saturated rings. The fourth-order valence-corrected chi connectivity index (χ4v) is 3.89. The van der Waals surface area contributed by atoms with Crippen molar-refractivity contribution in [3.63, 3.8) is 0 Å². The molecule has 2 aliphatic heterocycles. The zero-order chi connectivity index (χ0) is 17.4. The van der Waals surface area contributed by atoms with E-state index in [1.807, 2.05) is 12.3 Å². The molecule has 5 heteroatoms. The van der Waals surface area contributed by atoms with Crippen LogP contribution in [-0.2, 0) is 19.4 Å². The van der Waals surface area contributed by atoms with Crippen molar-refractivity contribution in [1.29, 1.82) is 0 Å². The lowest BCUT2D eigenvalue weighted by molar-refractivity contribution is 0.102. The molecule has 130 valence electrons. The number of nitrogens with zero attached hydrogens (tertiary/aromatic N) is 3. The Kier molecular flexibility index (Phi) is 4.17. The van der Waals surface area contributed by atoms with Crippen molar-refractivity contribution < 1.29 is 4.79 Å². The molecule has 1 amide bonds. The van der Waals surface area contributed by atoms with E-state index >= 15 is 0 Å². The summed E-state index contributed by atoms with van der Waals surface area (Å²) in [6.07, 6.45) is 6.71. The highest BCUT2D eigenvalue weighted by molar-refractivity contribution is 6.05. The van der Waals surface area contributed by atoms with Gasteiger partial charge in [0.05, 0.1) is 5.56 Å². The summed E-state index contributed by atoms with van der Waals surface area (Å²) < 4.78 is 0. The fourth-order valence-electron chi connectivity index (χ4n) is 3.89. The van der Waals surface area contributed by atoms with Crippen molar-refractivity contribution in [1.82, 2.24) is 9.88 Å². The number of amides is 1. The number of carbonyl (C=O) groups excluding carboxylic acids is 1. The molecule has 0 radical (unpaired) electrons. The topological polar surface area (TPSA) is 48.5 Å². The van der Waals surface area contributed by atoms with Crippen LogP contribution in [0.1, 0.15) is 33.5 Å². The van der Waals surface area contributed by atoms with E-state index in [4.69, 9.17) is 0 Å². The van der Waals surface area contributed by atoms with Gasteiger partial charge in [0.15, 0.2) is 0 Å². The largest absolute Gasteiger partial charge is 0.374 e. The summed E-state index contributed by atoms with van der Waals surface area (Å²) in [6.45, 7) is 2.92. The van der Waals surface area contributed by atoms with E-state index in [-0.39, 0.29) is 5.91 Å². The van der Waals surface area contributed by atoms with Gasteiger partial charge in [0.1, 0.15) is 0 Å². The lowest BCUT2D eigenvalue weighted by Gasteiger charge is -2.28. The molecule has 2 aromatic rings. The van der Waals surface area contributed by atoms with Crippen LogP contribution in [0.2, 0.25) is 0 Å². The maximum absolute atomic E-state index is 12.8. The zero-order valence-corrected chi connectivity index (χ0v) is 14.9. The zero-order valence-electron chi connectivity index (χ0n) is 14.9. The average molecular weight is 336 g/mol. The van der Waals surface area contributed by atoms with Crippen LogP contribution in [0.5, 0.6) is 0 Å². The van der Waals surface area contributed by atoms with Gasteiger partial charge in [0, 0.05) is 50.5 Å². The number of hydrogen-bond acceptors (Lipinski definition) is 4. The summed E-state index contributed by atoms with van der Waals surface area (Å²) in [5, 5.41) is 3.07. The molecule has 25 heavy (non-hydrogen) atoms. The van der Waals surface area contributed by atoms with Crippen LogP contribution in [-0.4, -0.2) is 43.0 Å². The highest BCUT2D eigenvalue weighted by Crippen LogP contribution is 2.29. The summed E-state index contributed by atoms with van der Waals surface area (Å²) in [5.41, 5.74) is 6.45. The standard InChI is InChI=1S/C20H24N4O/c1-23-9-7-17-15(13-23)11-21-12-18(17)20(25)22-16-5-6-19-14(10-16)4-3-8-24(19)2/h5-6,10-12H,3-4,7-9,13H2,1-2H3,(H,22,25). The highest BCUT2D eigenvalue weighted by Gasteiger charge is 2.21. The van der Waals surface area contributed by atoms with Crippen molar-refractivity contribution in [3.8, 4) is 0 Å². The minimum Gasteiger partial charge on any atom is -0.374 e. The van der Waals surface area contributed by atoms with Gasteiger partial charge < -0.3 is 15.1 Å². The molecule has 4 rings (SSSR count). The predicted octanol–water partition coefficient (Wildman–Crippen LogP) is 2.70. The normalized spacial score (nSPS) is 17.0. The van der Waals surface area contributed by atoms with Gasteiger partial charge in [0.25, 0.3) is 5.91 Å². The minimum absolute atomic E-state index is 0.0574. The highest BCUT2D eigenvalue weighted by atomic mass is 16.1. The van der Waals surface area contributed by atoms with E-state index in [0.29, 0.717) is 5.56 Å². The summed E-state index contributed by atoms with van der Waals surface area (Å²) in [6, 6.07) is 6.21. The third kappa shape index (κ3) is 3.12. The molecular formula is C20H24N4O. The van der Waals surface area contributed by atoms with Crippen molar-refractivity contribution in [2.45, 2.75) is 25.8 Å². The smallest absolute Gasteiger partial charge is 0.257 e. The summed E-state index contributed by atoms with van der Waals surface area (Å²) in [5.74, 6) is -0.0574. The Labute approximate surface area is 148 Å². The molecule has 1 aromatic heterocycles. The quantitative estimate of drug-likeness (QED) is 0.916. The van der Waals surface area contributed by atoms with Crippen LogP contribution in [0.15, 0.2) is 30.6 Å². The molecule has 0 spiro atoms. The van der Waals surface area contributed by atoms with Crippen molar-refractivity contribution >= 4 is 17.3 Å². The van der Waals surface area contributed by atoms with Gasteiger partial charge >= 0.3 is 0 Å². The lowest BCUT2D eigenvalue weighted by Crippen LogP contribution is -2.29. The number of benzene rings is 1. The van der Waals surface area contributed by atoms with Crippen molar-refractivity contribution in [2.75, 3.05) is 37.4 Å². The predicted molar refractivity (Wildman–Crippen MR) is 100 cm³/mol. The van der Waals surface area contributed by atoms with Crippen LogP contribution in [0.4, 0.5) is 11.4 Å². The first-order valence-corrected chi connectivity index (χ1v) is 8.91. The Hall–Kier alpha value is -2.40. The second kappa shape index (κ2) is 6.48. The molecule has 0 bridgehead atoms. The molecule has 0 unspecified atom stereocenters. The van der Waals surface area contributed by atoms with Gasteiger partial charge in [-0.25, -0.2) is 0 Å².